The number of hydrogen-bond donors (Lipinski definition) is 2. The number of ether oxygens (including phenoxy) is 2. The predicted molar refractivity (Wildman–Crippen MR) is 83.1 cm³/mol. The van der Waals surface area contributed by atoms with Crippen molar-refractivity contribution in [2.24, 2.45) is 0 Å². The van der Waals surface area contributed by atoms with E-state index in [0.29, 0.717) is 36.2 Å². The summed E-state index contributed by atoms with van der Waals surface area (Å²) < 4.78 is 12.4. The molecule has 1 aromatic heterocycles. The fourth-order valence-corrected chi connectivity index (χ4v) is 2.72. The van der Waals surface area contributed by atoms with Crippen LogP contribution in [0.25, 0.3) is 0 Å². The van der Waals surface area contributed by atoms with Crippen LogP contribution in [0, 0.1) is 6.92 Å². The fraction of sp³-hybridized carbons (Fsp3) is 0.333. The van der Waals surface area contributed by atoms with Gasteiger partial charge in [0.15, 0.2) is 11.5 Å². The summed E-state index contributed by atoms with van der Waals surface area (Å²) in [6.07, 6.45) is 0.00614. The average Bonchev–Trinajstić information content (AvgIpc) is 2.93. The molecule has 124 valence electrons. The first-order valence-electron chi connectivity index (χ1n) is 7.53. The molecule has 24 heavy (non-hydrogen) atoms. The number of aromatic nitrogens is 3. The third kappa shape index (κ3) is 2.53. The monoisotopic (exact) mass is 329 g/mol. The van der Waals surface area contributed by atoms with Crippen molar-refractivity contribution in [3.63, 3.8) is 0 Å². The molecule has 0 saturated carbocycles. The third-order valence-corrected chi connectivity index (χ3v) is 3.77. The number of nitrogens with zero attached hydrogens (tertiary/aromatic N) is 3. The molecule has 9 nitrogen and oxygen atoms in total. The summed E-state index contributed by atoms with van der Waals surface area (Å²) in [4.78, 5) is 28.5. The molecule has 0 aliphatic carbocycles. The van der Waals surface area contributed by atoms with Crippen molar-refractivity contribution < 1.29 is 19.1 Å². The average molecular weight is 329 g/mol. The lowest BCUT2D eigenvalue weighted by atomic mass is 10.1. The van der Waals surface area contributed by atoms with Crippen LogP contribution in [-0.2, 0) is 9.59 Å². The Kier molecular flexibility index (Phi) is 3.33. The van der Waals surface area contributed by atoms with Gasteiger partial charge >= 0.3 is 0 Å². The van der Waals surface area contributed by atoms with Crippen molar-refractivity contribution in [2.45, 2.75) is 19.4 Å². The minimum atomic E-state index is -0.747. The Hall–Kier alpha value is -3.10. The standard InChI is InChI=1S/C15H15N5O4/c1-8-16-15-18-13(21)7-10(20(15)19-8)14(22)17-9-2-3-11-12(6-9)24-5-4-23-11/h2-3,6,10H,4-5,7H2,1H3,(H,17,22)(H,16,18,19,21)/t10-/m1/s1. The van der Waals surface area contributed by atoms with Gasteiger partial charge in [0.25, 0.3) is 0 Å². The van der Waals surface area contributed by atoms with E-state index in [1.54, 1.807) is 25.1 Å². The predicted octanol–water partition coefficient (Wildman–Crippen LogP) is 0.880. The molecule has 0 saturated heterocycles. The summed E-state index contributed by atoms with van der Waals surface area (Å²) in [6.45, 7) is 2.67. The molecular formula is C15H15N5O4. The quantitative estimate of drug-likeness (QED) is 0.847. The van der Waals surface area contributed by atoms with Gasteiger partial charge < -0.3 is 14.8 Å². The van der Waals surface area contributed by atoms with Crippen LogP contribution in [0.3, 0.4) is 0 Å². The Morgan fingerprint density at radius 3 is 2.96 bits per heavy atom. The van der Waals surface area contributed by atoms with Gasteiger partial charge in [0.05, 0.1) is 6.42 Å². The third-order valence-electron chi connectivity index (χ3n) is 3.77. The number of carbonyl (C=O) groups excluding carboxylic acids is 2. The zero-order valence-corrected chi connectivity index (χ0v) is 12.9. The number of anilines is 2. The minimum absolute atomic E-state index is 0.00614. The molecule has 2 aliphatic rings. The number of aryl methyl sites for hydroxylation is 1. The number of rotatable bonds is 2. The highest BCUT2D eigenvalue weighted by atomic mass is 16.6. The molecule has 9 heteroatoms. The van der Waals surface area contributed by atoms with Crippen LogP contribution < -0.4 is 20.1 Å². The van der Waals surface area contributed by atoms with E-state index in [9.17, 15) is 9.59 Å². The van der Waals surface area contributed by atoms with Crippen LogP contribution >= 0.6 is 0 Å². The number of carbonyl (C=O) groups is 2. The molecule has 0 unspecified atom stereocenters. The van der Waals surface area contributed by atoms with Gasteiger partial charge in [-0.15, -0.1) is 0 Å². The lowest BCUT2D eigenvalue weighted by Gasteiger charge is -2.23. The SMILES string of the molecule is Cc1nc2n(n1)[C@@H](C(=O)Nc1ccc3c(c1)OCCO3)CC(=O)N2. The van der Waals surface area contributed by atoms with E-state index in [0.717, 1.165) is 0 Å². The van der Waals surface area contributed by atoms with Crippen molar-refractivity contribution in [2.75, 3.05) is 23.8 Å². The smallest absolute Gasteiger partial charge is 0.249 e. The molecule has 0 radical (unpaired) electrons. The lowest BCUT2D eigenvalue weighted by Crippen LogP contribution is -2.36. The van der Waals surface area contributed by atoms with Crippen molar-refractivity contribution in [3.05, 3.63) is 24.0 Å². The van der Waals surface area contributed by atoms with Crippen LogP contribution in [0.15, 0.2) is 18.2 Å². The zero-order chi connectivity index (χ0) is 16.7. The van der Waals surface area contributed by atoms with Gasteiger partial charge in [-0.1, -0.05) is 0 Å². The molecule has 2 amide bonds. The van der Waals surface area contributed by atoms with Gasteiger partial charge in [0.1, 0.15) is 25.1 Å². The van der Waals surface area contributed by atoms with Crippen LogP contribution in [-0.4, -0.2) is 39.8 Å². The van der Waals surface area contributed by atoms with Crippen molar-refractivity contribution in [1.29, 1.82) is 0 Å². The van der Waals surface area contributed by atoms with Crippen LogP contribution in [0.2, 0.25) is 0 Å². The molecule has 1 aromatic carbocycles. The Morgan fingerprint density at radius 2 is 2.12 bits per heavy atom. The maximum atomic E-state index is 12.6. The molecule has 2 aromatic rings. The summed E-state index contributed by atoms with van der Waals surface area (Å²) >= 11 is 0. The van der Waals surface area contributed by atoms with E-state index in [4.69, 9.17) is 9.47 Å². The van der Waals surface area contributed by atoms with Gasteiger partial charge in [-0.2, -0.15) is 10.1 Å². The van der Waals surface area contributed by atoms with Gasteiger partial charge in [-0.3, -0.25) is 14.9 Å². The first-order valence-corrected chi connectivity index (χ1v) is 7.53. The maximum Gasteiger partial charge on any atom is 0.249 e. The summed E-state index contributed by atoms with van der Waals surface area (Å²) in [5.74, 6) is 1.39. The summed E-state index contributed by atoms with van der Waals surface area (Å²) in [5.41, 5.74) is 0.564. The van der Waals surface area contributed by atoms with Gasteiger partial charge in [0, 0.05) is 11.8 Å². The van der Waals surface area contributed by atoms with Crippen LogP contribution in [0.1, 0.15) is 18.3 Å². The highest BCUT2D eigenvalue weighted by Crippen LogP contribution is 2.33. The molecule has 2 N–H and O–H groups in total. The molecule has 1 atom stereocenters. The second-order valence-corrected chi connectivity index (χ2v) is 5.54. The number of hydrogen-bond acceptors (Lipinski definition) is 6. The van der Waals surface area contributed by atoms with Gasteiger partial charge in [-0.25, -0.2) is 4.68 Å². The second-order valence-electron chi connectivity index (χ2n) is 5.54. The van der Waals surface area contributed by atoms with E-state index >= 15 is 0 Å². The Balaban J connectivity index is 1.57. The van der Waals surface area contributed by atoms with E-state index in [1.165, 1.54) is 4.68 Å². The highest BCUT2D eigenvalue weighted by Gasteiger charge is 2.32. The number of amides is 2. The number of nitrogens with one attached hydrogen (secondary N) is 2. The maximum absolute atomic E-state index is 12.6. The first-order chi connectivity index (χ1) is 11.6. The van der Waals surface area contributed by atoms with Gasteiger partial charge in [0.2, 0.25) is 17.8 Å². The van der Waals surface area contributed by atoms with E-state index < -0.39 is 6.04 Å². The normalized spacial score (nSPS) is 18.5. The van der Waals surface area contributed by atoms with Crippen LogP contribution in [0.4, 0.5) is 11.6 Å². The largest absolute Gasteiger partial charge is 0.486 e. The molecule has 2 aliphatic heterocycles. The summed E-state index contributed by atoms with van der Waals surface area (Å²) in [5, 5.41) is 9.58. The molecular weight excluding hydrogens is 314 g/mol. The molecule has 0 bridgehead atoms. The Morgan fingerprint density at radius 1 is 1.33 bits per heavy atom. The van der Waals surface area contributed by atoms with E-state index in [2.05, 4.69) is 20.7 Å². The van der Waals surface area contributed by atoms with Crippen molar-refractivity contribution in [1.82, 2.24) is 14.8 Å². The summed E-state index contributed by atoms with van der Waals surface area (Å²) in [6, 6.07) is 4.41. The summed E-state index contributed by atoms with van der Waals surface area (Å²) in [7, 11) is 0. The molecule has 0 spiro atoms. The van der Waals surface area contributed by atoms with E-state index in [1.807, 2.05) is 0 Å². The topological polar surface area (TPSA) is 107 Å². The van der Waals surface area contributed by atoms with Crippen molar-refractivity contribution in [3.8, 4) is 11.5 Å². The highest BCUT2D eigenvalue weighted by molar-refractivity contribution is 6.00. The fourth-order valence-electron chi connectivity index (χ4n) is 2.72. The number of benzene rings is 1. The molecule has 0 fully saturated rings. The van der Waals surface area contributed by atoms with Crippen molar-refractivity contribution >= 4 is 23.5 Å². The van der Waals surface area contributed by atoms with Gasteiger partial charge in [-0.05, 0) is 19.1 Å². The number of fused-ring (bicyclic) bond motifs is 2. The zero-order valence-electron chi connectivity index (χ0n) is 12.9. The minimum Gasteiger partial charge on any atom is -0.486 e. The molecule has 3 heterocycles. The molecule has 4 rings (SSSR count). The Bertz CT molecular complexity index is 831. The van der Waals surface area contributed by atoms with Crippen LogP contribution in [0.5, 0.6) is 11.5 Å². The Labute approximate surface area is 137 Å². The second kappa shape index (κ2) is 5.52. The lowest BCUT2D eigenvalue weighted by molar-refractivity contribution is -0.125. The first kappa shape index (κ1) is 14.5. The van der Waals surface area contributed by atoms with E-state index in [-0.39, 0.29) is 24.2 Å².